The average Bonchev–Trinajstić information content (AvgIpc) is 3.24. The number of carbonyl (C=O) groups is 1. The summed E-state index contributed by atoms with van der Waals surface area (Å²) < 4.78 is 7.40. The zero-order valence-corrected chi connectivity index (χ0v) is 18.7. The highest BCUT2D eigenvalue weighted by molar-refractivity contribution is 7.99. The minimum atomic E-state index is -0.122. The van der Waals surface area contributed by atoms with Gasteiger partial charge in [-0.2, -0.15) is 0 Å². The largest absolute Gasteiger partial charge is 0.494 e. The van der Waals surface area contributed by atoms with E-state index in [1.807, 2.05) is 79.1 Å². The summed E-state index contributed by atoms with van der Waals surface area (Å²) in [5.74, 6) is 1.55. The molecule has 4 rings (SSSR count). The SMILES string of the molecule is CCOc1ccc(NC(=O)CSc2nnc(-c3ccncc3)n2-c2ccc(C)cc2)cc1. The van der Waals surface area contributed by atoms with Crippen LogP contribution in [0.25, 0.3) is 17.1 Å². The number of carbonyl (C=O) groups excluding carboxylic acids is 1. The fraction of sp³-hybridized carbons (Fsp3) is 0.167. The molecule has 2 aromatic carbocycles. The van der Waals surface area contributed by atoms with Gasteiger partial charge in [0.1, 0.15) is 5.75 Å². The van der Waals surface area contributed by atoms with Crippen LogP contribution in [0.5, 0.6) is 5.75 Å². The van der Waals surface area contributed by atoms with Crippen molar-refractivity contribution in [1.29, 1.82) is 0 Å². The van der Waals surface area contributed by atoms with E-state index in [0.29, 0.717) is 17.6 Å². The van der Waals surface area contributed by atoms with Crippen molar-refractivity contribution in [3.8, 4) is 22.8 Å². The number of thioether (sulfide) groups is 1. The summed E-state index contributed by atoms with van der Waals surface area (Å²) in [7, 11) is 0. The molecule has 1 N–H and O–H groups in total. The van der Waals surface area contributed by atoms with Crippen LogP contribution in [0.3, 0.4) is 0 Å². The van der Waals surface area contributed by atoms with E-state index < -0.39 is 0 Å². The lowest BCUT2D eigenvalue weighted by atomic mass is 10.2. The molecule has 0 radical (unpaired) electrons. The first-order valence-corrected chi connectivity index (χ1v) is 11.2. The van der Waals surface area contributed by atoms with Crippen LogP contribution in [-0.4, -0.2) is 38.0 Å². The maximum absolute atomic E-state index is 12.5. The normalized spacial score (nSPS) is 10.7. The lowest BCUT2D eigenvalue weighted by molar-refractivity contribution is -0.113. The van der Waals surface area contributed by atoms with E-state index in [1.165, 1.54) is 11.8 Å². The molecule has 2 aromatic heterocycles. The van der Waals surface area contributed by atoms with E-state index >= 15 is 0 Å². The van der Waals surface area contributed by atoms with Crippen molar-refractivity contribution in [3.63, 3.8) is 0 Å². The van der Waals surface area contributed by atoms with E-state index in [9.17, 15) is 4.79 Å². The third kappa shape index (κ3) is 5.15. The van der Waals surface area contributed by atoms with Gasteiger partial charge in [-0.05, 0) is 62.4 Å². The number of hydrogen-bond donors (Lipinski definition) is 1. The van der Waals surface area contributed by atoms with Gasteiger partial charge in [0.15, 0.2) is 11.0 Å². The lowest BCUT2D eigenvalue weighted by Gasteiger charge is -2.11. The lowest BCUT2D eigenvalue weighted by Crippen LogP contribution is -2.14. The zero-order chi connectivity index (χ0) is 22.3. The number of rotatable bonds is 8. The van der Waals surface area contributed by atoms with Gasteiger partial charge in [-0.25, -0.2) is 0 Å². The molecule has 0 atom stereocenters. The summed E-state index contributed by atoms with van der Waals surface area (Å²) in [5, 5.41) is 12.3. The van der Waals surface area contributed by atoms with E-state index in [4.69, 9.17) is 4.74 Å². The molecule has 0 spiro atoms. The highest BCUT2D eigenvalue weighted by Gasteiger charge is 2.17. The Hall–Kier alpha value is -3.65. The van der Waals surface area contributed by atoms with Gasteiger partial charge in [0.05, 0.1) is 12.4 Å². The number of amides is 1. The van der Waals surface area contributed by atoms with Crippen LogP contribution in [0.4, 0.5) is 5.69 Å². The molecule has 0 bridgehead atoms. The van der Waals surface area contributed by atoms with Crippen molar-refractivity contribution in [1.82, 2.24) is 19.7 Å². The van der Waals surface area contributed by atoms with Gasteiger partial charge in [-0.3, -0.25) is 14.3 Å². The summed E-state index contributed by atoms with van der Waals surface area (Å²) >= 11 is 1.34. The highest BCUT2D eigenvalue weighted by atomic mass is 32.2. The second-order valence-corrected chi connectivity index (χ2v) is 7.95. The predicted octanol–water partition coefficient (Wildman–Crippen LogP) is 4.77. The molecular formula is C24H23N5O2S. The number of nitrogens with one attached hydrogen (secondary N) is 1. The topological polar surface area (TPSA) is 81.9 Å². The van der Waals surface area contributed by atoms with E-state index in [1.54, 1.807) is 12.4 Å². The molecule has 0 unspecified atom stereocenters. The van der Waals surface area contributed by atoms with Crippen LogP contribution in [0.15, 0.2) is 78.2 Å². The van der Waals surface area contributed by atoms with Gasteiger partial charge in [0.2, 0.25) is 5.91 Å². The summed E-state index contributed by atoms with van der Waals surface area (Å²) in [4.78, 5) is 16.6. The van der Waals surface area contributed by atoms with Crippen LogP contribution in [-0.2, 0) is 4.79 Å². The van der Waals surface area contributed by atoms with Crippen LogP contribution in [0.2, 0.25) is 0 Å². The maximum Gasteiger partial charge on any atom is 0.234 e. The summed E-state index contributed by atoms with van der Waals surface area (Å²) in [6.07, 6.45) is 3.45. The second-order valence-electron chi connectivity index (χ2n) is 7.01. The molecule has 0 aliphatic heterocycles. The molecule has 1 amide bonds. The Kier molecular flexibility index (Phi) is 6.81. The standard InChI is InChI=1S/C24H23N5O2S/c1-3-31-21-10-6-19(7-11-21)26-22(30)16-32-24-28-27-23(18-12-14-25-15-13-18)29(24)20-8-4-17(2)5-9-20/h4-15H,3,16H2,1-2H3,(H,26,30). The predicted molar refractivity (Wildman–Crippen MR) is 126 cm³/mol. The molecular weight excluding hydrogens is 422 g/mol. The molecule has 7 nitrogen and oxygen atoms in total. The average molecular weight is 446 g/mol. The number of anilines is 1. The minimum absolute atomic E-state index is 0.122. The fourth-order valence-electron chi connectivity index (χ4n) is 3.11. The highest BCUT2D eigenvalue weighted by Crippen LogP contribution is 2.28. The molecule has 32 heavy (non-hydrogen) atoms. The van der Waals surface area contributed by atoms with Gasteiger partial charge < -0.3 is 10.1 Å². The number of aromatic nitrogens is 4. The van der Waals surface area contributed by atoms with Gasteiger partial charge in [0.25, 0.3) is 0 Å². The van der Waals surface area contributed by atoms with E-state index in [-0.39, 0.29) is 11.7 Å². The number of hydrogen-bond acceptors (Lipinski definition) is 6. The van der Waals surface area contributed by atoms with Gasteiger partial charge in [-0.1, -0.05) is 29.5 Å². The summed E-state index contributed by atoms with van der Waals surface area (Å²) in [5.41, 5.74) is 3.72. The Morgan fingerprint density at radius 2 is 1.72 bits per heavy atom. The number of nitrogens with zero attached hydrogens (tertiary/aromatic N) is 4. The minimum Gasteiger partial charge on any atom is -0.494 e. The van der Waals surface area contributed by atoms with Crippen LogP contribution < -0.4 is 10.1 Å². The first-order valence-electron chi connectivity index (χ1n) is 10.2. The quantitative estimate of drug-likeness (QED) is 0.394. The van der Waals surface area contributed by atoms with Crippen LogP contribution in [0.1, 0.15) is 12.5 Å². The van der Waals surface area contributed by atoms with Gasteiger partial charge in [-0.15, -0.1) is 10.2 Å². The molecule has 0 fully saturated rings. The third-order valence-corrected chi connectivity index (χ3v) is 5.57. The number of ether oxygens (including phenoxy) is 1. The number of aryl methyl sites for hydroxylation is 1. The van der Waals surface area contributed by atoms with Gasteiger partial charge >= 0.3 is 0 Å². The second kappa shape index (κ2) is 10.1. The Bertz CT molecular complexity index is 1180. The Morgan fingerprint density at radius 3 is 2.41 bits per heavy atom. The Balaban J connectivity index is 1.52. The Labute approximate surface area is 190 Å². The molecule has 4 aromatic rings. The first-order chi connectivity index (χ1) is 15.6. The molecule has 2 heterocycles. The maximum atomic E-state index is 12.5. The molecule has 0 saturated heterocycles. The zero-order valence-electron chi connectivity index (χ0n) is 17.9. The molecule has 0 aliphatic rings. The molecule has 0 aliphatic carbocycles. The van der Waals surface area contributed by atoms with Crippen molar-refractivity contribution in [3.05, 3.63) is 78.6 Å². The smallest absolute Gasteiger partial charge is 0.234 e. The first kappa shape index (κ1) is 21.6. The molecule has 8 heteroatoms. The van der Waals surface area contributed by atoms with E-state index in [2.05, 4.69) is 20.5 Å². The number of pyridine rings is 1. The van der Waals surface area contributed by atoms with Crippen molar-refractivity contribution in [2.45, 2.75) is 19.0 Å². The summed E-state index contributed by atoms with van der Waals surface area (Å²) in [6.45, 7) is 4.58. The fourth-order valence-corrected chi connectivity index (χ4v) is 3.86. The van der Waals surface area contributed by atoms with Gasteiger partial charge in [0, 0.05) is 29.3 Å². The van der Waals surface area contributed by atoms with Crippen LogP contribution in [0, 0.1) is 6.92 Å². The van der Waals surface area contributed by atoms with E-state index in [0.717, 1.165) is 28.3 Å². The third-order valence-electron chi connectivity index (χ3n) is 4.65. The van der Waals surface area contributed by atoms with Crippen molar-refractivity contribution < 1.29 is 9.53 Å². The summed E-state index contributed by atoms with van der Waals surface area (Å²) in [6, 6.07) is 19.2. The molecule has 0 saturated carbocycles. The Morgan fingerprint density at radius 1 is 1.00 bits per heavy atom. The number of benzene rings is 2. The van der Waals surface area contributed by atoms with Crippen molar-refractivity contribution >= 4 is 23.4 Å². The van der Waals surface area contributed by atoms with Crippen molar-refractivity contribution in [2.75, 3.05) is 17.7 Å². The monoisotopic (exact) mass is 445 g/mol. The molecule has 162 valence electrons. The van der Waals surface area contributed by atoms with Crippen molar-refractivity contribution in [2.24, 2.45) is 0 Å². The van der Waals surface area contributed by atoms with Crippen LogP contribution >= 0.6 is 11.8 Å².